The van der Waals surface area contributed by atoms with Crippen LogP contribution in [0.1, 0.15) is 24.3 Å². The summed E-state index contributed by atoms with van der Waals surface area (Å²) >= 11 is 3.36. The van der Waals surface area contributed by atoms with E-state index in [-0.39, 0.29) is 5.69 Å². The summed E-state index contributed by atoms with van der Waals surface area (Å²) in [5, 5.41) is 13.3. The maximum Gasteiger partial charge on any atom is 0.148 e. The Morgan fingerprint density at radius 2 is 2.32 bits per heavy atom. The SMILES string of the molecule is C[C@@H](Oc1cc(Br)cn2ncc(C#N)c12)c1ncccc1F. The lowest BCUT2D eigenvalue weighted by molar-refractivity contribution is 0.217. The minimum atomic E-state index is -0.610. The van der Waals surface area contributed by atoms with E-state index in [2.05, 4.69) is 32.1 Å². The van der Waals surface area contributed by atoms with Gasteiger partial charge in [0.15, 0.2) is 0 Å². The lowest BCUT2D eigenvalue weighted by Gasteiger charge is -2.16. The van der Waals surface area contributed by atoms with Crippen molar-refractivity contribution in [3.05, 3.63) is 58.3 Å². The normalized spacial score (nSPS) is 12.1. The number of aromatic nitrogens is 3. The highest BCUT2D eigenvalue weighted by Crippen LogP contribution is 2.31. The van der Waals surface area contributed by atoms with E-state index in [4.69, 9.17) is 4.74 Å². The molecule has 0 saturated carbocycles. The second-order valence-electron chi connectivity index (χ2n) is 4.62. The standard InChI is InChI=1S/C15H10BrFN4O/c1-9(14-12(17)3-2-4-19-14)22-13-5-11(16)8-21-15(13)10(6-18)7-20-21/h2-5,7-9H,1H3/t9-/m1/s1. The molecule has 0 aliphatic rings. The molecule has 7 heteroatoms. The molecular weight excluding hydrogens is 351 g/mol. The van der Waals surface area contributed by atoms with Crippen molar-refractivity contribution in [2.45, 2.75) is 13.0 Å². The molecule has 0 unspecified atom stereocenters. The van der Waals surface area contributed by atoms with Gasteiger partial charge in [0.25, 0.3) is 0 Å². The van der Waals surface area contributed by atoms with Gasteiger partial charge in [-0.05, 0) is 41.1 Å². The molecule has 0 N–H and O–H groups in total. The zero-order valence-corrected chi connectivity index (χ0v) is 13.1. The Hall–Kier alpha value is -2.46. The van der Waals surface area contributed by atoms with E-state index < -0.39 is 11.9 Å². The first-order valence-electron chi connectivity index (χ1n) is 6.44. The molecule has 0 radical (unpaired) electrons. The molecular formula is C15H10BrFN4O. The number of nitrogens with zero attached hydrogens (tertiary/aromatic N) is 4. The smallest absolute Gasteiger partial charge is 0.148 e. The van der Waals surface area contributed by atoms with Crippen LogP contribution in [0, 0.1) is 17.1 Å². The zero-order chi connectivity index (χ0) is 15.7. The summed E-state index contributed by atoms with van der Waals surface area (Å²) in [5.74, 6) is -0.00369. The Labute approximate surface area is 134 Å². The number of pyridine rings is 2. The first kappa shape index (κ1) is 14.5. The predicted molar refractivity (Wildman–Crippen MR) is 80.8 cm³/mol. The molecule has 0 bridgehead atoms. The second kappa shape index (κ2) is 5.73. The van der Waals surface area contributed by atoms with Gasteiger partial charge in [0.05, 0.1) is 6.20 Å². The summed E-state index contributed by atoms with van der Waals surface area (Å²) in [7, 11) is 0. The van der Waals surface area contributed by atoms with Gasteiger partial charge in [-0.2, -0.15) is 10.4 Å². The largest absolute Gasteiger partial charge is 0.482 e. The van der Waals surface area contributed by atoms with Crippen molar-refractivity contribution in [1.29, 1.82) is 5.26 Å². The van der Waals surface area contributed by atoms with Gasteiger partial charge in [-0.15, -0.1) is 0 Å². The van der Waals surface area contributed by atoms with Gasteiger partial charge in [0, 0.05) is 16.9 Å². The summed E-state index contributed by atoms with van der Waals surface area (Å²) in [6.45, 7) is 1.70. The van der Waals surface area contributed by atoms with Crippen molar-refractivity contribution < 1.29 is 9.13 Å². The number of hydrogen-bond acceptors (Lipinski definition) is 4. The van der Waals surface area contributed by atoms with Gasteiger partial charge in [0.2, 0.25) is 0 Å². The molecule has 0 spiro atoms. The van der Waals surface area contributed by atoms with Gasteiger partial charge in [0.1, 0.15) is 40.5 Å². The number of ether oxygens (including phenoxy) is 1. The van der Waals surface area contributed by atoms with Crippen LogP contribution in [-0.4, -0.2) is 14.6 Å². The van der Waals surface area contributed by atoms with Crippen molar-refractivity contribution >= 4 is 21.4 Å². The van der Waals surface area contributed by atoms with Crippen LogP contribution in [-0.2, 0) is 0 Å². The minimum Gasteiger partial charge on any atom is -0.482 e. The molecule has 1 atom stereocenters. The average molecular weight is 361 g/mol. The van der Waals surface area contributed by atoms with Crippen LogP contribution in [0.25, 0.3) is 5.52 Å². The second-order valence-corrected chi connectivity index (χ2v) is 5.53. The van der Waals surface area contributed by atoms with E-state index in [1.165, 1.54) is 24.5 Å². The highest BCUT2D eigenvalue weighted by Gasteiger charge is 2.18. The number of rotatable bonds is 3. The quantitative estimate of drug-likeness (QED) is 0.715. The molecule has 0 aliphatic carbocycles. The Bertz CT molecular complexity index is 887. The Morgan fingerprint density at radius 3 is 3.05 bits per heavy atom. The van der Waals surface area contributed by atoms with Gasteiger partial charge in [-0.25, -0.2) is 8.91 Å². The third kappa shape index (κ3) is 2.53. The van der Waals surface area contributed by atoms with E-state index in [1.54, 1.807) is 23.7 Å². The van der Waals surface area contributed by atoms with Gasteiger partial charge < -0.3 is 4.74 Å². The van der Waals surface area contributed by atoms with Crippen molar-refractivity contribution in [2.24, 2.45) is 0 Å². The first-order chi connectivity index (χ1) is 10.6. The molecule has 3 aromatic rings. The van der Waals surface area contributed by atoms with Crippen LogP contribution < -0.4 is 4.74 Å². The number of hydrogen-bond donors (Lipinski definition) is 0. The lowest BCUT2D eigenvalue weighted by atomic mass is 10.2. The predicted octanol–water partition coefficient (Wildman–Crippen LogP) is 3.64. The highest BCUT2D eigenvalue weighted by molar-refractivity contribution is 9.10. The van der Waals surface area contributed by atoms with E-state index >= 15 is 0 Å². The molecule has 3 heterocycles. The molecule has 0 aliphatic heterocycles. The van der Waals surface area contributed by atoms with E-state index in [1.807, 2.05) is 0 Å². The Kier molecular flexibility index (Phi) is 3.77. The maximum atomic E-state index is 13.8. The summed E-state index contributed by atoms with van der Waals surface area (Å²) < 4.78 is 21.9. The van der Waals surface area contributed by atoms with Crippen LogP contribution in [0.15, 0.2) is 41.3 Å². The van der Waals surface area contributed by atoms with Crippen molar-refractivity contribution in [3.63, 3.8) is 0 Å². The molecule has 3 aromatic heterocycles. The minimum absolute atomic E-state index is 0.207. The fraction of sp³-hybridized carbons (Fsp3) is 0.133. The lowest BCUT2D eigenvalue weighted by Crippen LogP contribution is -2.08. The summed E-state index contributed by atoms with van der Waals surface area (Å²) in [4.78, 5) is 4.01. The molecule has 0 amide bonds. The van der Waals surface area contributed by atoms with Crippen LogP contribution in [0.4, 0.5) is 4.39 Å². The number of halogens is 2. The first-order valence-corrected chi connectivity index (χ1v) is 7.23. The molecule has 0 aromatic carbocycles. The third-order valence-corrected chi connectivity index (χ3v) is 3.57. The molecule has 0 fully saturated rings. The van der Waals surface area contributed by atoms with E-state index in [0.717, 1.165) is 4.47 Å². The Morgan fingerprint density at radius 1 is 1.50 bits per heavy atom. The van der Waals surface area contributed by atoms with E-state index in [0.29, 0.717) is 16.8 Å². The summed E-state index contributed by atoms with van der Waals surface area (Å²) in [6.07, 6.45) is 4.07. The van der Waals surface area contributed by atoms with Gasteiger partial charge in [-0.1, -0.05) is 0 Å². The fourth-order valence-electron chi connectivity index (χ4n) is 2.17. The monoisotopic (exact) mass is 360 g/mol. The van der Waals surface area contributed by atoms with Crippen molar-refractivity contribution in [1.82, 2.24) is 14.6 Å². The molecule has 110 valence electrons. The van der Waals surface area contributed by atoms with Crippen molar-refractivity contribution in [3.8, 4) is 11.8 Å². The van der Waals surface area contributed by atoms with Crippen molar-refractivity contribution in [2.75, 3.05) is 0 Å². The highest BCUT2D eigenvalue weighted by atomic mass is 79.9. The molecule has 0 saturated heterocycles. The summed E-state index contributed by atoms with van der Waals surface area (Å²) in [5.41, 5.74) is 1.13. The molecule has 22 heavy (non-hydrogen) atoms. The van der Waals surface area contributed by atoms with Crippen LogP contribution in [0.3, 0.4) is 0 Å². The topological polar surface area (TPSA) is 63.2 Å². The van der Waals surface area contributed by atoms with E-state index in [9.17, 15) is 9.65 Å². The zero-order valence-electron chi connectivity index (χ0n) is 11.5. The third-order valence-electron chi connectivity index (χ3n) is 3.14. The van der Waals surface area contributed by atoms with Crippen LogP contribution >= 0.6 is 15.9 Å². The van der Waals surface area contributed by atoms with Gasteiger partial charge >= 0.3 is 0 Å². The maximum absolute atomic E-state index is 13.8. The van der Waals surface area contributed by atoms with Crippen LogP contribution in [0.5, 0.6) is 5.75 Å². The fourth-order valence-corrected chi connectivity index (χ4v) is 2.57. The molecule has 3 rings (SSSR count). The van der Waals surface area contributed by atoms with Gasteiger partial charge in [-0.3, -0.25) is 4.98 Å². The Balaban J connectivity index is 2.05. The number of fused-ring (bicyclic) bond motifs is 1. The van der Waals surface area contributed by atoms with Crippen LogP contribution in [0.2, 0.25) is 0 Å². The summed E-state index contributed by atoms with van der Waals surface area (Å²) in [6, 6.07) is 6.64. The molecule has 5 nitrogen and oxygen atoms in total. The average Bonchev–Trinajstić information content (AvgIpc) is 2.90. The number of nitriles is 1.